The minimum absolute atomic E-state index is 0.613. The van der Waals surface area contributed by atoms with Gasteiger partial charge in [-0.2, -0.15) is 0 Å². The van der Waals surface area contributed by atoms with Crippen LogP contribution in [0.25, 0.3) is 0 Å². The van der Waals surface area contributed by atoms with Crippen molar-refractivity contribution >= 4 is 27.3 Å². The molecule has 1 aliphatic carbocycles. The van der Waals surface area contributed by atoms with Crippen molar-refractivity contribution in [3.05, 3.63) is 10.6 Å². The van der Waals surface area contributed by atoms with Crippen LogP contribution in [0, 0.1) is 0 Å². The molecule has 3 rings (SSSR count). The third-order valence-corrected chi connectivity index (χ3v) is 6.25. The van der Waals surface area contributed by atoms with Crippen LogP contribution in [0.3, 0.4) is 0 Å². The van der Waals surface area contributed by atoms with Crippen LogP contribution in [-0.4, -0.2) is 40.3 Å². The van der Waals surface area contributed by atoms with Crippen LogP contribution < -0.4 is 10.2 Å². The Morgan fingerprint density at radius 1 is 1.40 bits per heavy atom. The number of rotatable bonds is 6. The van der Waals surface area contributed by atoms with E-state index < -0.39 is 10.8 Å². The van der Waals surface area contributed by atoms with Gasteiger partial charge in [-0.1, -0.05) is 6.92 Å². The second kappa shape index (κ2) is 6.54. The van der Waals surface area contributed by atoms with Crippen molar-refractivity contribution < 1.29 is 4.21 Å². The highest BCUT2D eigenvalue weighted by Gasteiger charge is 2.30. The summed E-state index contributed by atoms with van der Waals surface area (Å²) in [5, 5.41) is 4.65. The molecule has 0 unspecified atom stereocenters. The first-order valence-corrected chi connectivity index (χ1v) is 9.88. The molecule has 1 aliphatic heterocycles. The Kier molecular flexibility index (Phi) is 4.73. The summed E-state index contributed by atoms with van der Waals surface area (Å²) in [5.74, 6) is 2.29. The molecule has 0 aromatic carbocycles. The number of anilines is 1. The van der Waals surface area contributed by atoms with E-state index in [0.29, 0.717) is 5.92 Å². The van der Waals surface area contributed by atoms with E-state index in [2.05, 4.69) is 17.1 Å². The maximum Gasteiger partial charge on any atom is 0.185 e. The van der Waals surface area contributed by atoms with Gasteiger partial charge in [0.15, 0.2) is 5.13 Å². The molecule has 0 amide bonds. The van der Waals surface area contributed by atoms with Crippen LogP contribution in [-0.2, 0) is 17.3 Å². The van der Waals surface area contributed by atoms with Gasteiger partial charge in [0, 0.05) is 52.7 Å². The van der Waals surface area contributed by atoms with Crippen molar-refractivity contribution in [3.8, 4) is 0 Å². The Morgan fingerprint density at radius 2 is 2.15 bits per heavy atom. The Morgan fingerprint density at radius 3 is 2.80 bits per heavy atom. The molecular formula is C14H23N3OS2. The van der Waals surface area contributed by atoms with E-state index in [1.165, 1.54) is 29.8 Å². The number of thiazole rings is 1. The highest BCUT2D eigenvalue weighted by molar-refractivity contribution is 7.85. The number of hydrogen-bond donors (Lipinski definition) is 1. The standard InChI is InChI=1S/C14H23N3OS2/c1-2-5-15-10-12-13(11-3-4-11)16-14(19-12)17-6-8-20(18)9-7-17/h11,15H,2-10H2,1H3. The molecule has 1 saturated carbocycles. The van der Waals surface area contributed by atoms with Crippen LogP contribution in [0.2, 0.25) is 0 Å². The predicted octanol–water partition coefficient (Wildman–Crippen LogP) is 2.09. The third kappa shape index (κ3) is 3.40. The van der Waals surface area contributed by atoms with E-state index in [9.17, 15) is 4.21 Å². The van der Waals surface area contributed by atoms with Gasteiger partial charge in [0.25, 0.3) is 0 Å². The first kappa shape index (κ1) is 14.5. The van der Waals surface area contributed by atoms with Crippen LogP contribution in [0.15, 0.2) is 0 Å². The highest BCUT2D eigenvalue weighted by atomic mass is 32.2. The van der Waals surface area contributed by atoms with Crippen molar-refractivity contribution in [2.24, 2.45) is 0 Å². The van der Waals surface area contributed by atoms with Gasteiger partial charge >= 0.3 is 0 Å². The van der Waals surface area contributed by atoms with Crippen molar-refractivity contribution in [3.63, 3.8) is 0 Å². The van der Waals surface area contributed by atoms with Gasteiger partial charge in [-0.3, -0.25) is 4.21 Å². The molecule has 1 aromatic rings. The molecule has 112 valence electrons. The van der Waals surface area contributed by atoms with E-state index in [4.69, 9.17) is 4.98 Å². The summed E-state index contributed by atoms with van der Waals surface area (Å²) in [7, 11) is -0.613. The van der Waals surface area contributed by atoms with Crippen LogP contribution in [0.5, 0.6) is 0 Å². The van der Waals surface area contributed by atoms with E-state index in [1.807, 2.05) is 11.3 Å². The molecule has 6 heteroatoms. The van der Waals surface area contributed by atoms with E-state index >= 15 is 0 Å². The Hall–Kier alpha value is -0.460. The zero-order valence-corrected chi connectivity index (χ0v) is 13.7. The summed E-state index contributed by atoms with van der Waals surface area (Å²) in [6, 6.07) is 0. The summed E-state index contributed by atoms with van der Waals surface area (Å²) in [4.78, 5) is 8.64. The fourth-order valence-corrected chi connectivity index (χ4v) is 4.72. The van der Waals surface area contributed by atoms with Crippen LogP contribution in [0.1, 0.15) is 42.7 Å². The summed E-state index contributed by atoms with van der Waals surface area (Å²) in [5.41, 5.74) is 1.33. The lowest BCUT2D eigenvalue weighted by molar-refractivity contribution is 0.672. The average Bonchev–Trinajstić information content (AvgIpc) is 3.21. The van der Waals surface area contributed by atoms with Gasteiger partial charge in [-0.05, 0) is 25.8 Å². The van der Waals surface area contributed by atoms with Crippen molar-refractivity contribution in [2.45, 2.75) is 38.6 Å². The maximum absolute atomic E-state index is 11.5. The molecule has 20 heavy (non-hydrogen) atoms. The second-order valence-electron chi connectivity index (χ2n) is 5.59. The minimum atomic E-state index is -0.613. The summed E-state index contributed by atoms with van der Waals surface area (Å²) >= 11 is 1.84. The van der Waals surface area contributed by atoms with E-state index in [-0.39, 0.29) is 0 Å². The van der Waals surface area contributed by atoms with Gasteiger partial charge in [-0.15, -0.1) is 11.3 Å². The number of aromatic nitrogens is 1. The van der Waals surface area contributed by atoms with Crippen LogP contribution in [0.4, 0.5) is 5.13 Å². The fraction of sp³-hybridized carbons (Fsp3) is 0.786. The zero-order chi connectivity index (χ0) is 13.9. The highest BCUT2D eigenvalue weighted by Crippen LogP contribution is 2.44. The quantitative estimate of drug-likeness (QED) is 0.817. The molecular weight excluding hydrogens is 290 g/mol. The lowest BCUT2D eigenvalue weighted by Crippen LogP contribution is -2.37. The molecule has 0 atom stereocenters. The van der Waals surface area contributed by atoms with Gasteiger partial charge in [-0.25, -0.2) is 4.98 Å². The van der Waals surface area contributed by atoms with Crippen molar-refractivity contribution in [2.75, 3.05) is 36.0 Å². The number of nitrogens with one attached hydrogen (secondary N) is 1. The topological polar surface area (TPSA) is 45.2 Å². The van der Waals surface area contributed by atoms with Gasteiger partial charge in [0.05, 0.1) is 5.69 Å². The Bertz CT molecular complexity index is 475. The van der Waals surface area contributed by atoms with Crippen molar-refractivity contribution in [1.29, 1.82) is 0 Å². The molecule has 2 aliphatic rings. The minimum Gasteiger partial charge on any atom is -0.346 e. The Labute approximate surface area is 127 Å². The summed E-state index contributed by atoms with van der Waals surface area (Å²) in [6.07, 6.45) is 3.77. The summed E-state index contributed by atoms with van der Waals surface area (Å²) in [6.45, 7) is 6.01. The normalized spacial score (nSPS) is 20.6. The number of hydrogen-bond acceptors (Lipinski definition) is 5. The van der Waals surface area contributed by atoms with Crippen molar-refractivity contribution in [1.82, 2.24) is 10.3 Å². The SMILES string of the molecule is CCCNCc1sc(N2CCS(=O)CC2)nc1C1CC1. The van der Waals surface area contributed by atoms with Gasteiger partial charge in [0.2, 0.25) is 0 Å². The fourth-order valence-electron chi connectivity index (χ4n) is 2.50. The average molecular weight is 313 g/mol. The molecule has 0 bridgehead atoms. The second-order valence-corrected chi connectivity index (χ2v) is 8.35. The monoisotopic (exact) mass is 313 g/mol. The van der Waals surface area contributed by atoms with E-state index in [1.54, 1.807) is 0 Å². The summed E-state index contributed by atoms with van der Waals surface area (Å²) < 4.78 is 11.5. The molecule has 1 N–H and O–H groups in total. The van der Waals surface area contributed by atoms with Crippen LogP contribution >= 0.6 is 11.3 Å². The molecule has 4 nitrogen and oxygen atoms in total. The third-order valence-electron chi connectivity index (χ3n) is 3.84. The molecule has 0 spiro atoms. The molecule has 2 heterocycles. The zero-order valence-electron chi connectivity index (χ0n) is 12.1. The predicted molar refractivity (Wildman–Crippen MR) is 86.2 cm³/mol. The van der Waals surface area contributed by atoms with Gasteiger partial charge < -0.3 is 10.2 Å². The van der Waals surface area contributed by atoms with Gasteiger partial charge in [0.1, 0.15) is 0 Å². The molecule has 0 radical (unpaired) electrons. The molecule has 1 saturated heterocycles. The molecule has 2 fully saturated rings. The first-order chi connectivity index (χ1) is 9.78. The van der Waals surface area contributed by atoms with E-state index in [0.717, 1.165) is 42.8 Å². The lowest BCUT2D eigenvalue weighted by atomic mass is 10.2. The largest absolute Gasteiger partial charge is 0.346 e. The lowest BCUT2D eigenvalue weighted by Gasteiger charge is -2.25. The molecule has 1 aromatic heterocycles. The maximum atomic E-state index is 11.5. The first-order valence-electron chi connectivity index (χ1n) is 7.58. The number of nitrogens with zero attached hydrogens (tertiary/aromatic N) is 2. The Balaban J connectivity index is 1.71. The smallest absolute Gasteiger partial charge is 0.185 e.